The molecule has 24 heavy (non-hydrogen) atoms. The van der Waals surface area contributed by atoms with Crippen molar-refractivity contribution >= 4 is 11.6 Å². The van der Waals surface area contributed by atoms with Crippen LogP contribution in [0, 0.1) is 27.7 Å². The maximum Gasteiger partial charge on any atom is 0.262 e. The van der Waals surface area contributed by atoms with Crippen LogP contribution in [-0.2, 0) is 4.79 Å². The number of hydrogen-bond acceptors (Lipinski definition) is 3. The van der Waals surface area contributed by atoms with Gasteiger partial charge in [-0.15, -0.1) is 0 Å². The molecule has 1 aromatic heterocycles. The monoisotopic (exact) mass is 326 g/mol. The van der Waals surface area contributed by atoms with E-state index >= 15 is 0 Å². The molecule has 1 N–H and O–H groups in total. The Morgan fingerprint density at radius 1 is 1.12 bits per heavy atom. The van der Waals surface area contributed by atoms with Crippen LogP contribution >= 0.6 is 0 Å². The maximum atomic E-state index is 12.2. The minimum atomic E-state index is -0.183. The molecule has 1 aromatic carbocycles. The van der Waals surface area contributed by atoms with Crippen molar-refractivity contribution in [2.75, 3.05) is 11.9 Å². The quantitative estimate of drug-likeness (QED) is 0.883. The number of hydrogen-bond donors (Lipinski definition) is 1. The van der Waals surface area contributed by atoms with Crippen LogP contribution in [0.4, 0.5) is 5.69 Å². The fraction of sp³-hybridized carbons (Fsp3) is 0.400. The molecule has 0 aliphatic rings. The fourth-order valence-electron chi connectivity index (χ4n) is 2.92. The molecule has 0 radical (unpaired) electrons. The molecule has 0 saturated carbocycles. The summed E-state index contributed by atoms with van der Waals surface area (Å²) in [6.07, 6.45) is 0. The van der Waals surface area contributed by atoms with Gasteiger partial charge >= 0.3 is 0 Å². The van der Waals surface area contributed by atoms with E-state index in [4.69, 9.17) is 4.74 Å². The number of ether oxygens (including phenoxy) is 1. The van der Waals surface area contributed by atoms with Gasteiger partial charge in [0.15, 0.2) is 6.61 Å². The fourth-order valence-corrected chi connectivity index (χ4v) is 2.92. The lowest BCUT2D eigenvalue weighted by Crippen LogP contribution is -2.21. The molecule has 2 rings (SSSR count). The zero-order valence-electron chi connectivity index (χ0n) is 15.4. The van der Waals surface area contributed by atoms with Crippen LogP contribution in [-0.4, -0.2) is 17.5 Å². The number of carbonyl (C=O) groups is 1. The average Bonchev–Trinajstić information content (AvgIpc) is 2.48. The minimum Gasteiger partial charge on any atom is -0.484 e. The van der Waals surface area contributed by atoms with Crippen LogP contribution in [0.1, 0.15) is 47.8 Å². The lowest BCUT2D eigenvalue weighted by molar-refractivity contribution is -0.118. The highest BCUT2D eigenvalue weighted by molar-refractivity contribution is 5.93. The van der Waals surface area contributed by atoms with Crippen LogP contribution in [0.2, 0.25) is 0 Å². The lowest BCUT2D eigenvalue weighted by atomic mass is 9.98. The lowest BCUT2D eigenvalue weighted by Gasteiger charge is -2.14. The van der Waals surface area contributed by atoms with Crippen LogP contribution in [0.3, 0.4) is 0 Å². The first-order chi connectivity index (χ1) is 11.3. The van der Waals surface area contributed by atoms with Gasteiger partial charge in [0.05, 0.1) is 11.4 Å². The first-order valence-electron chi connectivity index (χ1n) is 8.26. The van der Waals surface area contributed by atoms with Crippen LogP contribution < -0.4 is 10.1 Å². The Bertz CT molecular complexity index is 728. The van der Waals surface area contributed by atoms with Gasteiger partial charge in [-0.25, -0.2) is 0 Å². The van der Waals surface area contributed by atoms with Gasteiger partial charge in [0.2, 0.25) is 0 Å². The predicted octanol–water partition coefficient (Wildman–Crippen LogP) is 4.46. The third-order valence-electron chi connectivity index (χ3n) is 4.02. The third-order valence-corrected chi connectivity index (χ3v) is 4.02. The van der Waals surface area contributed by atoms with E-state index in [-0.39, 0.29) is 12.5 Å². The summed E-state index contributed by atoms with van der Waals surface area (Å²) in [6.45, 7) is 12.2. The normalized spacial score (nSPS) is 10.8. The molecule has 0 atom stereocenters. The molecule has 0 aliphatic heterocycles. The number of aryl methyl sites for hydroxylation is 4. The molecule has 0 spiro atoms. The second kappa shape index (κ2) is 7.47. The summed E-state index contributed by atoms with van der Waals surface area (Å²) in [5, 5.41) is 2.89. The highest BCUT2D eigenvalue weighted by Crippen LogP contribution is 2.24. The van der Waals surface area contributed by atoms with Crippen molar-refractivity contribution < 1.29 is 9.53 Å². The van der Waals surface area contributed by atoms with Crippen molar-refractivity contribution in [2.45, 2.75) is 47.5 Å². The summed E-state index contributed by atoms with van der Waals surface area (Å²) >= 11 is 0. The second-order valence-electron chi connectivity index (χ2n) is 6.55. The highest BCUT2D eigenvalue weighted by atomic mass is 16.5. The smallest absolute Gasteiger partial charge is 0.262 e. The van der Waals surface area contributed by atoms with Crippen molar-refractivity contribution in [1.29, 1.82) is 0 Å². The minimum absolute atomic E-state index is 0.0206. The molecule has 0 unspecified atom stereocenters. The number of pyridine rings is 1. The maximum absolute atomic E-state index is 12.2. The zero-order chi connectivity index (χ0) is 17.9. The Morgan fingerprint density at radius 2 is 1.83 bits per heavy atom. The van der Waals surface area contributed by atoms with Crippen molar-refractivity contribution in [3.05, 3.63) is 52.3 Å². The van der Waals surface area contributed by atoms with Gasteiger partial charge < -0.3 is 10.1 Å². The molecule has 0 fully saturated rings. The van der Waals surface area contributed by atoms with E-state index in [0.717, 1.165) is 22.6 Å². The van der Waals surface area contributed by atoms with Gasteiger partial charge in [0, 0.05) is 5.69 Å². The molecule has 1 heterocycles. The van der Waals surface area contributed by atoms with E-state index in [9.17, 15) is 4.79 Å². The van der Waals surface area contributed by atoms with E-state index < -0.39 is 0 Å². The number of anilines is 1. The molecule has 0 aliphatic carbocycles. The number of carbonyl (C=O) groups excluding carboxylic acids is 1. The summed E-state index contributed by atoms with van der Waals surface area (Å²) in [6, 6.07) is 7.91. The molecule has 2 aromatic rings. The molecule has 4 nitrogen and oxygen atoms in total. The molecular weight excluding hydrogens is 300 g/mol. The Hall–Kier alpha value is -2.36. The predicted molar refractivity (Wildman–Crippen MR) is 97.8 cm³/mol. The largest absolute Gasteiger partial charge is 0.484 e. The van der Waals surface area contributed by atoms with Gasteiger partial charge in [0.25, 0.3) is 5.91 Å². The van der Waals surface area contributed by atoms with Crippen molar-refractivity contribution in [1.82, 2.24) is 4.98 Å². The summed E-state index contributed by atoms with van der Waals surface area (Å²) in [5.74, 6) is 1.00. The number of nitrogens with zero attached hydrogens (tertiary/aromatic N) is 1. The molecule has 128 valence electrons. The second-order valence-corrected chi connectivity index (χ2v) is 6.55. The van der Waals surface area contributed by atoms with Gasteiger partial charge in [-0.1, -0.05) is 19.9 Å². The Morgan fingerprint density at radius 3 is 2.42 bits per heavy atom. The molecule has 1 amide bonds. The number of aromatic nitrogens is 1. The van der Waals surface area contributed by atoms with E-state index in [1.807, 2.05) is 39.0 Å². The Labute approximate surface area is 144 Å². The SMILES string of the molecule is Cc1cc(C)c(NC(=O)COc2ccc(C(C)C)c(C)c2)c(C)n1. The number of nitrogens with one attached hydrogen (secondary N) is 1. The van der Waals surface area contributed by atoms with Gasteiger partial charge in [-0.2, -0.15) is 0 Å². The first-order valence-corrected chi connectivity index (χ1v) is 8.26. The van der Waals surface area contributed by atoms with E-state index in [1.54, 1.807) is 0 Å². The topological polar surface area (TPSA) is 51.2 Å². The van der Waals surface area contributed by atoms with Crippen LogP contribution in [0.15, 0.2) is 24.3 Å². The van der Waals surface area contributed by atoms with E-state index in [2.05, 4.69) is 37.1 Å². The van der Waals surface area contributed by atoms with Crippen molar-refractivity contribution in [3.63, 3.8) is 0 Å². The molecular formula is C20H26N2O2. The summed E-state index contributed by atoms with van der Waals surface area (Å²) in [7, 11) is 0. The summed E-state index contributed by atoms with van der Waals surface area (Å²) < 4.78 is 5.63. The van der Waals surface area contributed by atoms with Crippen LogP contribution in [0.5, 0.6) is 5.75 Å². The Balaban J connectivity index is 2.00. The van der Waals surface area contributed by atoms with Crippen molar-refractivity contribution in [3.8, 4) is 5.75 Å². The molecule has 4 heteroatoms. The number of benzene rings is 1. The van der Waals surface area contributed by atoms with E-state index in [1.165, 1.54) is 11.1 Å². The molecule has 0 saturated heterocycles. The molecule has 0 bridgehead atoms. The third kappa shape index (κ3) is 4.34. The van der Waals surface area contributed by atoms with Gasteiger partial charge in [-0.05, 0) is 68.5 Å². The average molecular weight is 326 g/mol. The summed E-state index contributed by atoms with van der Waals surface area (Å²) in [5.41, 5.74) is 6.00. The highest BCUT2D eigenvalue weighted by Gasteiger charge is 2.11. The zero-order valence-corrected chi connectivity index (χ0v) is 15.4. The number of rotatable bonds is 5. The summed E-state index contributed by atoms with van der Waals surface area (Å²) in [4.78, 5) is 16.6. The first kappa shape index (κ1) is 18.0. The van der Waals surface area contributed by atoms with E-state index in [0.29, 0.717) is 11.7 Å². The Kier molecular flexibility index (Phi) is 5.60. The van der Waals surface area contributed by atoms with Gasteiger partial charge in [-0.3, -0.25) is 9.78 Å². The van der Waals surface area contributed by atoms with Crippen molar-refractivity contribution in [2.24, 2.45) is 0 Å². The standard InChI is InChI=1S/C20H26N2O2/c1-12(2)18-8-7-17(10-13(18)3)24-11-19(23)22-20-14(4)9-15(5)21-16(20)6/h7-10,12H,11H2,1-6H3,(H,22,23). The number of amides is 1. The van der Waals surface area contributed by atoms with Gasteiger partial charge in [0.1, 0.15) is 5.75 Å². The van der Waals surface area contributed by atoms with Crippen LogP contribution in [0.25, 0.3) is 0 Å².